The summed E-state index contributed by atoms with van der Waals surface area (Å²) in [5.41, 5.74) is 0. The van der Waals surface area contributed by atoms with Gasteiger partial charge in [-0.25, -0.2) is 4.79 Å². The normalized spacial score (nSPS) is 22.8. The topological polar surface area (TPSA) is 29.5 Å². The predicted octanol–water partition coefficient (Wildman–Crippen LogP) is 2.95. The van der Waals surface area contributed by atoms with Crippen molar-refractivity contribution in [2.45, 2.75) is 44.8 Å². The Kier molecular flexibility index (Phi) is 4.44. The second kappa shape index (κ2) is 5.41. The fraction of sp³-hybridized carbons (Fsp3) is 0.900. The lowest BCUT2D eigenvalue weighted by atomic mass is 10.1. The molecule has 3 nitrogen and oxygen atoms in total. The summed E-state index contributed by atoms with van der Waals surface area (Å²) in [5.74, 6) is 0. The van der Waals surface area contributed by atoms with Crippen LogP contribution in [0.5, 0.6) is 0 Å². The van der Waals surface area contributed by atoms with E-state index < -0.39 is 18.9 Å². The molecule has 1 saturated heterocycles. The largest absolute Gasteiger partial charge is 0.440 e. The van der Waals surface area contributed by atoms with E-state index in [9.17, 15) is 18.0 Å². The minimum Gasteiger partial charge on any atom is -0.440 e. The number of carbonyl (C=O) groups excluding carboxylic acids is 1. The predicted molar refractivity (Wildman–Crippen MR) is 52.0 cm³/mol. The number of alkyl halides is 3. The van der Waals surface area contributed by atoms with Crippen molar-refractivity contribution in [1.82, 2.24) is 4.90 Å². The zero-order chi connectivity index (χ0) is 12.2. The fourth-order valence-electron chi connectivity index (χ4n) is 1.77. The first-order chi connectivity index (χ1) is 7.40. The van der Waals surface area contributed by atoms with Crippen LogP contribution in [0.3, 0.4) is 0 Å². The number of likely N-dealkylation sites (tertiary alicyclic amines) is 1. The Labute approximate surface area is 92.5 Å². The molecule has 0 N–H and O–H groups in total. The van der Waals surface area contributed by atoms with Crippen molar-refractivity contribution in [2.75, 3.05) is 13.2 Å². The first-order valence-electron chi connectivity index (χ1n) is 5.40. The summed E-state index contributed by atoms with van der Waals surface area (Å²) in [7, 11) is 0. The van der Waals surface area contributed by atoms with Crippen molar-refractivity contribution in [2.24, 2.45) is 0 Å². The molecule has 0 aromatic rings. The average Bonchev–Trinajstić information content (AvgIpc) is 2.38. The minimum atomic E-state index is -4.45. The molecular formula is C10H16F3NO2. The third-order valence-corrected chi connectivity index (χ3v) is 2.65. The van der Waals surface area contributed by atoms with Crippen LogP contribution in [0.15, 0.2) is 0 Å². The Hall–Kier alpha value is -0.940. The maximum atomic E-state index is 11.9. The van der Waals surface area contributed by atoms with Gasteiger partial charge in [0.1, 0.15) is 0 Å². The van der Waals surface area contributed by atoms with Gasteiger partial charge in [-0.3, -0.25) is 0 Å². The van der Waals surface area contributed by atoms with Crippen LogP contribution in [0.25, 0.3) is 0 Å². The summed E-state index contributed by atoms with van der Waals surface area (Å²) in [4.78, 5) is 12.8. The van der Waals surface area contributed by atoms with Crippen molar-refractivity contribution < 1.29 is 22.7 Å². The van der Waals surface area contributed by atoms with Crippen LogP contribution in [-0.2, 0) is 4.74 Å². The van der Waals surface area contributed by atoms with Gasteiger partial charge in [-0.1, -0.05) is 12.8 Å². The molecule has 1 aliphatic heterocycles. The Morgan fingerprint density at radius 3 is 2.69 bits per heavy atom. The molecule has 16 heavy (non-hydrogen) atoms. The van der Waals surface area contributed by atoms with Crippen molar-refractivity contribution in [1.29, 1.82) is 0 Å². The quantitative estimate of drug-likeness (QED) is 0.704. The van der Waals surface area contributed by atoms with Crippen LogP contribution < -0.4 is 0 Å². The van der Waals surface area contributed by atoms with E-state index in [-0.39, 0.29) is 6.04 Å². The molecular weight excluding hydrogens is 223 g/mol. The third-order valence-electron chi connectivity index (χ3n) is 2.65. The number of hydrogen-bond donors (Lipinski definition) is 0. The lowest BCUT2D eigenvalue weighted by Crippen LogP contribution is -2.40. The summed E-state index contributed by atoms with van der Waals surface area (Å²) in [5, 5.41) is 0. The standard InChI is InChI=1S/C10H16F3NO2/c1-8-5-3-2-4-6-14(8)9(15)16-7-10(11,12)13/h8H,2-7H2,1H3. The van der Waals surface area contributed by atoms with E-state index in [1.54, 1.807) is 0 Å². The molecule has 1 fully saturated rings. The van der Waals surface area contributed by atoms with Crippen LogP contribution in [-0.4, -0.2) is 36.4 Å². The van der Waals surface area contributed by atoms with Gasteiger partial charge in [0, 0.05) is 12.6 Å². The first kappa shape index (κ1) is 13.1. The van der Waals surface area contributed by atoms with Crippen molar-refractivity contribution in [3.8, 4) is 0 Å². The van der Waals surface area contributed by atoms with Gasteiger partial charge in [0.05, 0.1) is 0 Å². The zero-order valence-corrected chi connectivity index (χ0v) is 9.22. The average molecular weight is 239 g/mol. The molecule has 0 bridgehead atoms. The molecule has 0 spiro atoms. The van der Waals surface area contributed by atoms with Gasteiger partial charge in [-0.2, -0.15) is 13.2 Å². The number of carbonyl (C=O) groups is 1. The summed E-state index contributed by atoms with van der Waals surface area (Å²) < 4.78 is 39.8. The van der Waals surface area contributed by atoms with Crippen molar-refractivity contribution in [3.05, 3.63) is 0 Å². The van der Waals surface area contributed by atoms with E-state index in [2.05, 4.69) is 4.74 Å². The van der Waals surface area contributed by atoms with Crippen molar-refractivity contribution >= 4 is 6.09 Å². The highest BCUT2D eigenvalue weighted by Crippen LogP contribution is 2.19. The summed E-state index contributed by atoms with van der Waals surface area (Å²) in [6.07, 6.45) is -1.65. The van der Waals surface area contributed by atoms with E-state index in [4.69, 9.17) is 0 Å². The van der Waals surface area contributed by atoms with Crippen LogP contribution in [0.1, 0.15) is 32.6 Å². The number of amides is 1. The molecule has 0 aliphatic carbocycles. The van der Waals surface area contributed by atoms with Gasteiger partial charge >= 0.3 is 12.3 Å². The van der Waals surface area contributed by atoms with Gasteiger partial charge in [0.25, 0.3) is 0 Å². The smallest absolute Gasteiger partial charge is 0.422 e. The van der Waals surface area contributed by atoms with E-state index in [0.717, 1.165) is 25.7 Å². The second-order valence-electron chi connectivity index (χ2n) is 4.06. The molecule has 94 valence electrons. The lowest BCUT2D eigenvalue weighted by molar-refractivity contribution is -0.162. The summed E-state index contributed by atoms with van der Waals surface area (Å²) in [6.45, 7) is 0.813. The molecule has 1 unspecified atom stereocenters. The first-order valence-corrected chi connectivity index (χ1v) is 5.40. The zero-order valence-electron chi connectivity index (χ0n) is 9.22. The maximum Gasteiger partial charge on any atom is 0.422 e. The van der Waals surface area contributed by atoms with Crippen molar-refractivity contribution in [3.63, 3.8) is 0 Å². The van der Waals surface area contributed by atoms with Crippen LogP contribution >= 0.6 is 0 Å². The molecule has 1 heterocycles. The Morgan fingerprint density at radius 1 is 1.38 bits per heavy atom. The summed E-state index contributed by atoms with van der Waals surface area (Å²) in [6, 6.07) is -0.0387. The Balaban J connectivity index is 2.45. The van der Waals surface area contributed by atoms with Gasteiger partial charge < -0.3 is 9.64 Å². The number of rotatable bonds is 1. The Morgan fingerprint density at radius 2 is 2.06 bits per heavy atom. The maximum absolute atomic E-state index is 11.9. The molecule has 0 saturated carbocycles. The van der Waals surface area contributed by atoms with Gasteiger partial charge in [-0.15, -0.1) is 0 Å². The molecule has 1 amide bonds. The minimum absolute atomic E-state index is 0.0387. The lowest BCUT2D eigenvalue weighted by Gasteiger charge is -2.26. The second-order valence-corrected chi connectivity index (χ2v) is 4.06. The molecule has 0 radical (unpaired) electrons. The molecule has 0 aromatic carbocycles. The number of hydrogen-bond acceptors (Lipinski definition) is 2. The number of halogens is 3. The SMILES string of the molecule is CC1CCCCCN1C(=O)OCC(F)(F)F. The Bertz CT molecular complexity index is 243. The van der Waals surface area contributed by atoms with Gasteiger partial charge in [-0.05, 0) is 19.8 Å². The van der Waals surface area contributed by atoms with Crippen LogP contribution in [0.4, 0.5) is 18.0 Å². The van der Waals surface area contributed by atoms with Gasteiger partial charge in [0.15, 0.2) is 6.61 Å². The molecule has 1 atom stereocenters. The highest BCUT2D eigenvalue weighted by Gasteiger charge is 2.32. The number of nitrogens with zero attached hydrogens (tertiary/aromatic N) is 1. The highest BCUT2D eigenvalue weighted by molar-refractivity contribution is 5.68. The van der Waals surface area contributed by atoms with E-state index >= 15 is 0 Å². The van der Waals surface area contributed by atoms with E-state index in [0.29, 0.717) is 6.54 Å². The molecule has 0 aromatic heterocycles. The number of ether oxygens (including phenoxy) is 1. The van der Waals surface area contributed by atoms with Crippen LogP contribution in [0.2, 0.25) is 0 Å². The summed E-state index contributed by atoms with van der Waals surface area (Å²) >= 11 is 0. The van der Waals surface area contributed by atoms with E-state index in [1.807, 2.05) is 6.92 Å². The molecule has 1 aliphatic rings. The third kappa shape index (κ3) is 4.28. The molecule has 6 heteroatoms. The van der Waals surface area contributed by atoms with Crippen LogP contribution in [0, 0.1) is 0 Å². The molecule has 1 rings (SSSR count). The van der Waals surface area contributed by atoms with E-state index in [1.165, 1.54) is 4.90 Å². The monoisotopic (exact) mass is 239 g/mol. The van der Waals surface area contributed by atoms with Gasteiger partial charge in [0.2, 0.25) is 0 Å². The highest BCUT2D eigenvalue weighted by atomic mass is 19.4. The fourth-order valence-corrected chi connectivity index (χ4v) is 1.77.